The highest BCUT2D eigenvalue weighted by Crippen LogP contribution is 2.09. The van der Waals surface area contributed by atoms with Crippen LogP contribution in [0.25, 0.3) is 0 Å². The maximum Gasteiger partial charge on any atom is 0.0477 e. The Morgan fingerprint density at radius 3 is 2.44 bits per heavy atom. The van der Waals surface area contributed by atoms with Crippen molar-refractivity contribution < 1.29 is 2.74 Å². The molecule has 1 aromatic rings. The molecule has 48 valence electrons. The van der Waals surface area contributed by atoms with Crippen molar-refractivity contribution in [3.63, 3.8) is 0 Å². The van der Waals surface area contributed by atoms with E-state index in [0.29, 0.717) is 5.56 Å². The van der Waals surface area contributed by atoms with E-state index < -0.39 is 6.50 Å². The largest absolute Gasteiger partial charge is 0.326 e. The van der Waals surface area contributed by atoms with E-state index in [1.165, 1.54) is 0 Å². The summed E-state index contributed by atoms with van der Waals surface area (Å²) in [6.45, 7) is -1.74. The molecule has 0 atom stereocenters. The van der Waals surface area contributed by atoms with Crippen molar-refractivity contribution in [2.75, 3.05) is 0 Å². The molecule has 0 aliphatic carbocycles. The molecule has 9 heavy (non-hydrogen) atoms. The summed E-state index contributed by atoms with van der Waals surface area (Å²) in [5, 5.41) is 0. The van der Waals surface area contributed by atoms with Crippen LogP contribution in [0.5, 0.6) is 0 Å². The van der Waals surface area contributed by atoms with Gasteiger partial charge in [-0.25, -0.2) is 0 Å². The summed E-state index contributed by atoms with van der Waals surface area (Å²) >= 11 is 3.25. The van der Waals surface area contributed by atoms with Crippen LogP contribution in [0.15, 0.2) is 28.7 Å². The standard InChI is InChI=1S/C7H8BrN/c8-7-3-1-6(5-9)2-4-7/h1-4H,5,9H2/i5D2. The Morgan fingerprint density at radius 2 is 2.00 bits per heavy atom. The second-order valence-electron chi connectivity index (χ2n) is 1.65. The fourth-order valence-corrected chi connectivity index (χ4v) is 0.810. The zero-order valence-corrected chi connectivity index (χ0v) is 6.35. The molecular formula is C7H8BrN. The van der Waals surface area contributed by atoms with E-state index in [-0.39, 0.29) is 0 Å². The Kier molecular flexibility index (Phi) is 1.49. The summed E-state index contributed by atoms with van der Waals surface area (Å²) in [6, 6.07) is 6.84. The van der Waals surface area contributed by atoms with Crippen LogP contribution < -0.4 is 5.73 Å². The number of rotatable bonds is 1. The molecule has 1 nitrogen and oxygen atoms in total. The molecule has 0 fully saturated rings. The summed E-state index contributed by atoms with van der Waals surface area (Å²) < 4.78 is 15.3. The van der Waals surface area contributed by atoms with E-state index in [9.17, 15) is 0 Å². The number of hydrogen-bond donors (Lipinski definition) is 1. The lowest BCUT2D eigenvalue weighted by Crippen LogP contribution is -1.94. The van der Waals surface area contributed by atoms with Gasteiger partial charge in [-0.3, -0.25) is 0 Å². The van der Waals surface area contributed by atoms with E-state index in [0.717, 1.165) is 4.47 Å². The first-order valence-corrected chi connectivity index (χ1v) is 3.34. The van der Waals surface area contributed by atoms with E-state index in [2.05, 4.69) is 15.9 Å². The van der Waals surface area contributed by atoms with Gasteiger partial charge in [-0.05, 0) is 17.7 Å². The Labute approximate surface area is 65.8 Å². The Morgan fingerprint density at radius 1 is 1.44 bits per heavy atom. The van der Waals surface area contributed by atoms with Crippen LogP contribution in [0.2, 0.25) is 0 Å². The summed E-state index contributed by atoms with van der Waals surface area (Å²) in [7, 11) is 0. The topological polar surface area (TPSA) is 26.0 Å². The second-order valence-corrected chi connectivity index (χ2v) is 2.57. The molecule has 0 spiro atoms. The van der Waals surface area contributed by atoms with Gasteiger partial charge in [0, 0.05) is 13.7 Å². The fourth-order valence-electron chi connectivity index (χ4n) is 0.546. The molecule has 0 radical (unpaired) electrons. The van der Waals surface area contributed by atoms with Gasteiger partial charge in [0.15, 0.2) is 0 Å². The van der Waals surface area contributed by atoms with E-state index in [1.807, 2.05) is 0 Å². The molecule has 0 saturated carbocycles. The van der Waals surface area contributed by atoms with Crippen LogP contribution in [0, 0.1) is 0 Å². The van der Waals surface area contributed by atoms with Crippen LogP contribution in [0.3, 0.4) is 0 Å². The number of nitrogens with two attached hydrogens (primary N) is 1. The average Bonchev–Trinajstić information content (AvgIpc) is 1.86. The van der Waals surface area contributed by atoms with Crippen LogP contribution in [0.1, 0.15) is 8.30 Å². The summed E-state index contributed by atoms with van der Waals surface area (Å²) in [5.74, 6) is 0. The molecule has 0 unspecified atom stereocenters. The summed E-state index contributed by atoms with van der Waals surface area (Å²) in [5.41, 5.74) is 5.71. The Balaban J connectivity index is 2.99. The van der Waals surface area contributed by atoms with Crippen molar-refractivity contribution in [1.29, 1.82) is 0 Å². The van der Waals surface area contributed by atoms with Gasteiger partial charge in [0.1, 0.15) is 0 Å². The van der Waals surface area contributed by atoms with Gasteiger partial charge in [0.05, 0.1) is 0 Å². The third-order valence-corrected chi connectivity index (χ3v) is 1.54. The summed E-state index contributed by atoms with van der Waals surface area (Å²) in [4.78, 5) is 0. The predicted molar refractivity (Wildman–Crippen MR) is 42.0 cm³/mol. The minimum Gasteiger partial charge on any atom is -0.326 e. The third-order valence-electron chi connectivity index (χ3n) is 1.01. The highest BCUT2D eigenvalue weighted by molar-refractivity contribution is 9.10. The molecule has 0 saturated heterocycles. The maximum atomic E-state index is 7.17. The predicted octanol–water partition coefficient (Wildman–Crippen LogP) is 1.91. The van der Waals surface area contributed by atoms with Crippen LogP contribution in [0.4, 0.5) is 0 Å². The van der Waals surface area contributed by atoms with Gasteiger partial charge in [-0.1, -0.05) is 28.1 Å². The molecule has 0 aromatic heterocycles. The highest BCUT2D eigenvalue weighted by Gasteiger charge is 1.86. The fraction of sp³-hybridized carbons (Fsp3) is 0.143. The Bertz CT molecular complexity index is 240. The van der Waals surface area contributed by atoms with E-state index in [1.54, 1.807) is 24.3 Å². The first-order chi connectivity index (χ1) is 5.00. The molecule has 0 aliphatic heterocycles. The zero-order chi connectivity index (χ0) is 8.48. The Hall–Kier alpha value is -0.340. The molecular weight excluding hydrogens is 178 g/mol. The van der Waals surface area contributed by atoms with Gasteiger partial charge >= 0.3 is 0 Å². The van der Waals surface area contributed by atoms with Gasteiger partial charge in [-0.2, -0.15) is 0 Å². The van der Waals surface area contributed by atoms with E-state index >= 15 is 0 Å². The normalized spacial score (nSPS) is 14.4. The number of hydrogen-bond acceptors (Lipinski definition) is 1. The van der Waals surface area contributed by atoms with Crippen molar-refractivity contribution in [1.82, 2.24) is 0 Å². The molecule has 0 amide bonds. The van der Waals surface area contributed by atoms with Crippen molar-refractivity contribution in [2.24, 2.45) is 5.73 Å². The molecule has 0 bridgehead atoms. The molecule has 0 aliphatic rings. The molecule has 0 heterocycles. The van der Waals surface area contributed by atoms with Crippen LogP contribution >= 0.6 is 15.9 Å². The first kappa shape index (κ1) is 4.47. The third kappa shape index (κ3) is 1.80. The summed E-state index contributed by atoms with van der Waals surface area (Å²) in [6.07, 6.45) is 0. The molecule has 2 heteroatoms. The van der Waals surface area contributed by atoms with Gasteiger partial charge < -0.3 is 5.73 Å². The van der Waals surface area contributed by atoms with Crippen molar-refractivity contribution in [3.05, 3.63) is 34.3 Å². The molecule has 1 rings (SSSR count). The molecule has 2 N–H and O–H groups in total. The minimum atomic E-state index is -1.74. The zero-order valence-electron chi connectivity index (χ0n) is 6.76. The average molecular weight is 188 g/mol. The first-order valence-electron chi connectivity index (χ1n) is 3.55. The minimum absolute atomic E-state index is 0.487. The van der Waals surface area contributed by atoms with Crippen molar-refractivity contribution in [3.8, 4) is 0 Å². The maximum absolute atomic E-state index is 7.17. The monoisotopic (exact) mass is 187 g/mol. The van der Waals surface area contributed by atoms with Crippen LogP contribution in [-0.2, 0) is 6.50 Å². The second kappa shape index (κ2) is 2.99. The lowest BCUT2D eigenvalue weighted by Gasteiger charge is -1.93. The van der Waals surface area contributed by atoms with Crippen molar-refractivity contribution in [2.45, 2.75) is 6.50 Å². The lowest BCUT2D eigenvalue weighted by molar-refractivity contribution is 1.07. The number of benzene rings is 1. The van der Waals surface area contributed by atoms with E-state index in [4.69, 9.17) is 8.48 Å². The SMILES string of the molecule is [2H]C([2H])(N)c1ccc(Br)cc1. The van der Waals surface area contributed by atoms with Gasteiger partial charge in [0.2, 0.25) is 0 Å². The lowest BCUT2D eigenvalue weighted by atomic mass is 10.2. The van der Waals surface area contributed by atoms with Gasteiger partial charge in [-0.15, -0.1) is 0 Å². The van der Waals surface area contributed by atoms with Gasteiger partial charge in [0.25, 0.3) is 0 Å². The molecule has 1 aromatic carbocycles. The van der Waals surface area contributed by atoms with Crippen molar-refractivity contribution >= 4 is 15.9 Å². The smallest absolute Gasteiger partial charge is 0.0477 e. The quantitative estimate of drug-likeness (QED) is 0.715. The number of halogens is 1. The highest BCUT2D eigenvalue weighted by atomic mass is 79.9. The van der Waals surface area contributed by atoms with Crippen LogP contribution in [-0.4, -0.2) is 0 Å².